The van der Waals surface area contributed by atoms with Gasteiger partial charge in [-0.2, -0.15) is 5.10 Å². The van der Waals surface area contributed by atoms with E-state index in [1.54, 1.807) is 0 Å². The van der Waals surface area contributed by atoms with Crippen LogP contribution in [-0.4, -0.2) is 9.78 Å². The maximum absolute atomic E-state index is 4.41. The molecular formula is C15H20BrN3. The molecule has 2 aromatic rings. The molecule has 0 aliphatic carbocycles. The summed E-state index contributed by atoms with van der Waals surface area (Å²) in [5.41, 5.74) is 4.88. The van der Waals surface area contributed by atoms with Crippen LogP contribution in [0.2, 0.25) is 0 Å². The van der Waals surface area contributed by atoms with Crippen LogP contribution < -0.4 is 5.32 Å². The summed E-state index contributed by atoms with van der Waals surface area (Å²) >= 11 is 3.60. The van der Waals surface area contributed by atoms with Crippen LogP contribution in [0.3, 0.4) is 0 Å². The van der Waals surface area contributed by atoms with Crippen LogP contribution >= 0.6 is 15.9 Å². The second kappa shape index (κ2) is 5.88. The molecule has 0 saturated heterocycles. The number of halogens is 1. The number of aromatic nitrogens is 2. The van der Waals surface area contributed by atoms with E-state index in [1.807, 2.05) is 18.7 Å². The average Bonchev–Trinajstić information content (AvgIpc) is 2.61. The normalized spacial score (nSPS) is 12.7. The lowest BCUT2D eigenvalue weighted by molar-refractivity contribution is 0.545. The Morgan fingerprint density at radius 3 is 2.58 bits per heavy atom. The SMILES string of the molecule is Cc1ccccc1C(C)NCc1c(Br)c(C)nn1C. The van der Waals surface area contributed by atoms with Gasteiger partial charge >= 0.3 is 0 Å². The Kier molecular flexibility index (Phi) is 4.42. The molecule has 1 aromatic heterocycles. The first-order valence-electron chi connectivity index (χ1n) is 6.47. The van der Waals surface area contributed by atoms with E-state index in [9.17, 15) is 0 Å². The van der Waals surface area contributed by atoms with Crippen LogP contribution in [0.5, 0.6) is 0 Å². The predicted molar refractivity (Wildman–Crippen MR) is 82.1 cm³/mol. The minimum absolute atomic E-state index is 0.323. The molecule has 102 valence electrons. The molecule has 0 aliphatic rings. The largest absolute Gasteiger partial charge is 0.305 e. The Morgan fingerprint density at radius 1 is 1.32 bits per heavy atom. The molecule has 1 atom stereocenters. The molecular weight excluding hydrogens is 302 g/mol. The molecule has 0 spiro atoms. The molecule has 0 saturated carbocycles. The Balaban J connectivity index is 2.09. The zero-order valence-electron chi connectivity index (χ0n) is 11.9. The van der Waals surface area contributed by atoms with E-state index >= 15 is 0 Å². The average molecular weight is 322 g/mol. The lowest BCUT2D eigenvalue weighted by atomic mass is 10.0. The summed E-state index contributed by atoms with van der Waals surface area (Å²) in [5, 5.41) is 7.97. The smallest absolute Gasteiger partial charge is 0.0739 e. The van der Waals surface area contributed by atoms with Crippen molar-refractivity contribution < 1.29 is 0 Å². The van der Waals surface area contributed by atoms with Crippen molar-refractivity contribution in [2.75, 3.05) is 0 Å². The number of hydrogen-bond acceptors (Lipinski definition) is 2. The second-order valence-corrected chi connectivity index (χ2v) is 5.72. The number of hydrogen-bond donors (Lipinski definition) is 1. The topological polar surface area (TPSA) is 29.9 Å². The second-order valence-electron chi connectivity index (χ2n) is 4.93. The summed E-state index contributed by atoms with van der Waals surface area (Å²) in [6.07, 6.45) is 0. The first-order valence-corrected chi connectivity index (χ1v) is 7.27. The minimum Gasteiger partial charge on any atom is -0.305 e. The number of aryl methyl sites for hydroxylation is 3. The van der Waals surface area contributed by atoms with E-state index in [1.165, 1.54) is 16.8 Å². The molecule has 3 nitrogen and oxygen atoms in total. The lowest BCUT2D eigenvalue weighted by Crippen LogP contribution is -2.20. The van der Waals surface area contributed by atoms with Crippen LogP contribution in [0.1, 0.15) is 35.5 Å². The van der Waals surface area contributed by atoms with Gasteiger partial charge in [0.05, 0.1) is 15.9 Å². The Hall–Kier alpha value is -1.13. The number of benzene rings is 1. The van der Waals surface area contributed by atoms with Gasteiger partial charge in [-0.25, -0.2) is 0 Å². The first kappa shape index (κ1) is 14.3. The fourth-order valence-corrected chi connectivity index (χ4v) is 2.78. The van der Waals surface area contributed by atoms with Crippen molar-refractivity contribution in [3.63, 3.8) is 0 Å². The highest BCUT2D eigenvalue weighted by molar-refractivity contribution is 9.10. The molecule has 0 radical (unpaired) electrons. The van der Waals surface area contributed by atoms with Crippen molar-refractivity contribution in [1.82, 2.24) is 15.1 Å². The molecule has 4 heteroatoms. The molecule has 19 heavy (non-hydrogen) atoms. The third kappa shape index (κ3) is 3.07. The van der Waals surface area contributed by atoms with Gasteiger partial charge in [0.1, 0.15) is 0 Å². The minimum atomic E-state index is 0.323. The van der Waals surface area contributed by atoms with Crippen molar-refractivity contribution >= 4 is 15.9 Å². The number of nitrogens with zero attached hydrogens (tertiary/aromatic N) is 2. The van der Waals surface area contributed by atoms with Crippen LogP contribution in [0, 0.1) is 13.8 Å². The first-order chi connectivity index (χ1) is 9.00. The maximum atomic E-state index is 4.41. The van der Waals surface area contributed by atoms with Gasteiger partial charge in [0, 0.05) is 19.6 Å². The highest BCUT2D eigenvalue weighted by atomic mass is 79.9. The fourth-order valence-electron chi connectivity index (χ4n) is 2.30. The molecule has 1 aromatic carbocycles. The van der Waals surface area contributed by atoms with Crippen LogP contribution in [0.25, 0.3) is 0 Å². The van der Waals surface area contributed by atoms with Gasteiger partial charge in [-0.05, 0) is 47.8 Å². The molecule has 0 amide bonds. The monoisotopic (exact) mass is 321 g/mol. The zero-order chi connectivity index (χ0) is 14.0. The number of rotatable bonds is 4. The van der Waals surface area contributed by atoms with Gasteiger partial charge in [0.15, 0.2) is 0 Å². The Morgan fingerprint density at radius 2 is 2.00 bits per heavy atom. The maximum Gasteiger partial charge on any atom is 0.0739 e. The molecule has 1 N–H and O–H groups in total. The molecule has 0 aliphatic heterocycles. The van der Waals surface area contributed by atoms with Crippen molar-refractivity contribution in [2.24, 2.45) is 7.05 Å². The van der Waals surface area contributed by atoms with E-state index < -0.39 is 0 Å². The van der Waals surface area contributed by atoms with Crippen LogP contribution in [0.4, 0.5) is 0 Å². The fraction of sp³-hybridized carbons (Fsp3) is 0.400. The molecule has 0 bridgehead atoms. The molecule has 2 rings (SSSR count). The van der Waals surface area contributed by atoms with Crippen LogP contribution in [0.15, 0.2) is 28.7 Å². The van der Waals surface area contributed by atoms with Crippen LogP contribution in [-0.2, 0) is 13.6 Å². The van der Waals surface area contributed by atoms with Gasteiger partial charge in [0.25, 0.3) is 0 Å². The van der Waals surface area contributed by atoms with E-state index in [2.05, 4.69) is 64.5 Å². The summed E-state index contributed by atoms with van der Waals surface area (Å²) < 4.78 is 3.02. The van der Waals surface area contributed by atoms with E-state index in [0.717, 1.165) is 16.7 Å². The number of nitrogens with one attached hydrogen (secondary N) is 1. The van der Waals surface area contributed by atoms with Gasteiger partial charge < -0.3 is 5.32 Å². The summed E-state index contributed by atoms with van der Waals surface area (Å²) in [6, 6.07) is 8.81. The van der Waals surface area contributed by atoms with Crippen molar-refractivity contribution in [1.29, 1.82) is 0 Å². The summed E-state index contributed by atoms with van der Waals surface area (Å²) in [6.45, 7) is 7.16. The lowest BCUT2D eigenvalue weighted by Gasteiger charge is -2.16. The Bertz CT molecular complexity index is 575. The van der Waals surface area contributed by atoms with Gasteiger partial charge in [-0.3, -0.25) is 4.68 Å². The highest BCUT2D eigenvalue weighted by Gasteiger charge is 2.12. The Labute approximate surface area is 123 Å². The standard InChI is InChI=1S/C15H20BrN3/c1-10-7-5-6-8-13(10)11(2)17-9-14-15(16)12(3)18-19(14)4/h5-8,11,17H,9H2,1-4H3. The third-order valence-electron chi connectivity index (χ3n) is 3.49. The molecule has 1 unspecified atom stereocenters. The molecule has 1 heterocycles. The summed E-state index contributed by atoms with van der Waals surface area (Å²) in [5.74, 6) is 0. The van der Waals surface area contributed by atoms with Gasteiger partial charge in [-0.15, -0.1) is 0 Å². The summed E-state index contributed by atoms with van der Waals surface area (Å²) in [4.78, 5) is 0. The van der Waals surface area contributed by atoms with Crippen molar-refractivity contribution in [3.8, 4) is 0 Å². The predicted octanol–water partition coefficient (Wildman–Crippen LogP) is 3.65. The third-order valence-corrected chi connectivity index (χ3v) is 4.52. The van der Waals surface area contributed by atoms with Gasteiger partial charge in [-0.1, -0.05) is 24.3 Å². The quantitative estimate of drug-likeness (QED) is 0.931. The zero-order valence-corrected chi connectivity index (χ0v) is 13.5. The van der Waals surface area contributed by atoms with Crippen molar-refractivity contribution in [3.05, 3.63) is 51.3 Å². The van der Waals surface area contributed by atoms with Gasteiger partial charge in [0.2, 0.25) is 0 Å². The van der Waals surface area contributed by atoms with E-state index in [-0.39, 0.29) is 0 Å². The highest BCUT2D eigenvalue weighted by Crippen LogP contribution is 2.22. The molecule has 0 fully saturated rings. The van der Waals surface area contributed by atoms with E-state index in [4.69, 9.17) is 0 Å². The summed E-state index contributed by atoms with van der Waals surface area (Å²) in [7, 11) is 1.98. The van der Waals surface area contributed by atoms with Crippen molar-refractivity contribution in [2.45, 2.75) is 33.4 Å². The van der Waals surface area contributed by atoms with E-state index in [0.29, 0.717) is 6.04 Å².